The van der Waals surface area contributed by atoms with Crippen molar-refractivity contribution in [2.24, 2.45) is 0 Å². The average Bonchev–Trinajstić information content (AvgIpc) is 2.16. The van der Waals surface area contributed by atoms with E-state index in [-0.39, 0.29) is 16.5 Å². The number of benzene rings is 1. The Morgan fingerprint density at radius 2 is 1.93 bits per heavy atom. The third-order valence-electron chi connectivity index (χ3n) is 1.99. The zero-order chi connectivity index (χ0) is 11.0. The van der Waals surface area contributed by atoms with Gasteiger partial charge in [0.15, 0.2) is 0 Å². The molecule has 0 aliphatic rings. The molecule has 0 fully saturated rings. The number of aromatic carboxylic acids is 1. The summed E-state index contributed by atoms with van der Waals surface area (Å²) in [4.78, 5) is 37.2. The predicted octanol–water partition coefficient (Wildman–Crippen LogP) is -0.0854. The van der Waals surface area contributed by atoms with E-state index < -0.39 is 17.2 Å². The molecule has 1 aromatic heterocycles. The zero-order valence-corrected chi connectivity index (χ0v) is 7.40. The number of nitrogens with one attached hydrogen (secondary N) is 2. The average molecular weight is 206 g/mol. The molecule has 0 saturated heterocycles. The maximum absolute atomic E-state index is 11.3. The van der Waals surface area contributed by atoms with E-state index in [0.29, 0.717) is 0 Å². The number of rotatable bonds is 1. The molecule has 2 aromatic rings. The van der Waals surface area contributed by atoms with Crippen LogP contribution in [0.25, 0.3) is 10.9 Å². The number of H-pyrrole nitrogens is 2. The SMILES string of the molecule is O=C(O)c1ccc2c(=O)[nH]c(=O)[nH]c2c1. The number of carboxylic acid groups (broad SMARTS) is 1. The van der Waals surface area contributed by atoms with Crippen molar-refractivity contribution in [3.63, 3.8) is 0 Å². The molecule has 0 aliphatic heterocycles. The van der Waals surface area contributed by atoms with Crippen LogP contribution >= 0.6 is 0 Å². The second-order valence-corrected chi connectivity index (χ2v) is 2.97. The van der Waals surface area contributed by atoms with Gasteiger partial charge in [0.05, 0.1) is 16.5 Å². The van der Waals surface area contributed by atoms with Crippen LogP contribution in [-0.2, 0) is 0 Å². The summed E-state index contributed by atoms with van der Waals surface area (Å²) in [7, 11) is 0. The maximum Gasteiger partial charge on any atom is 0.335 e. The van der Waals surface area contributed by atoms with Gasteiger partial charge in [0.25, 0.3) is 5.56 Å². The molecule has 6 heteroatoms. The topological polar surface area (TPSA) is 103 Å². The van der Waals surface area contributed by atoms with Crippen LogP contribution in [0.1, 0.15) is 10.4 Å². The Hall–Kier alpha value is -2.37. The minimum atomic E-state index is -1.11. The van der Waals surface area contributed by atoms with Crippen molar-refractivity contribution in [3.8, 4) is 0 Å². The number of aromatic amines is 2. The molecule has 0 bridgehead atoms. The van der Waals surface area contributed by atoms with Gasteiger partial charge < -0.3 is 10.1 Å². The van der Waals surface area contributed by atoms with Crippen molar-refractivity contribution in [1.82, 2.24) is 9.97 Å². The zero-order valence-electron chi connectivity index (χ0n) is 7.40. The van der Waals surface area contributed by atoms with Gasteiger partial charge in [-0.25, -0.2) is 9.59 Å². The van der Waals surface area contributed by atoms with Gasteiger partial charge in [0.1, 0.15) is 0 Å². The predicted molar refractivity (Wildman–Crippen MR) is 52.1 cm³/mol. The molecule has 0 radical (unpaired) electrons. The first-order chi connectivity index (χ1) is 7.08. The van der Waals surface area contributed by atoms with E-state index in [2.05, 4.69) is 4.98 Å². The molecule has 0 aliphatic carbocycles. The van der Waals surface area contributed by atoms with E-state index >= 15 is 0 Å². The van der Waals surface area contributed by atoms with Crippen molar-refractivity contribution in [1.29, 1.82) is 0 Å². The summed E-state index contributed by atoms with van der Waals surface area (Å²) < 4.78 is 0. The summed E-state index contributed by atoms with van der Waals surface area (Å²) in [6, 6.07) is 3.90. The summed E-state index contributed by atoms with van der Waals surface area (Å²) in [5.41, 5.74) is -0.965. The van der Waals surface area contributed by atoms with Gasteiger partial charge in [-0.15, -0.1) is 0 Å². The van der Waals surface area contributed by atoms with Crippen LogP contribution in [0.5, 0.6) is 0 Å². The molecular weight excluding hydrogens is 200 g/mol. The highest BCUT2D eigenvalue weighted by atomic mass is 16.4. The Kier molecular flexibility index (Phi) is 1.89. The molecule has 6 nitrogen and oxygen atoms in total. The van der Waals surface area contributed by atoms with Crippen LogP contribution in [0.15, 0.2) is 27.8 Å². The number of carbonyl (C=O) groups is 1. The van der Waals surface area contributed by atoms with Gasteiger partial charge >= 0.3 is 11.7 Å². The van der Waals surface area contributed by atoms with Crippen molar-refractivity contribution in [3.05, 3.63) is 44.6 Å². The van der Waals surface area contributed by atoms with Crippen molar-refractivity contribution >= 4 is 16.9 Å². The summed E-state index contributed by atoms with van der Waals surface area (Å²) in [6.45, 7) is 0. The lowest BCUT2D eigenvalue weighted by Gasteiger charge is -1.97. The third kappa shape index (κ3) is 1.52. The Morgan fingerprint density at radius 1 is 1.20 bits per heavy atom. The molecule has 2 rings (SSSR count). The second-order valence-electron chi connectivity index (χ2n) is 2.97. The van der Waals surface area contributed by atoms with Gasteiger partial charge in [-0.3, -0.25) is 9.78 Å². The van der Waals surface area contributed by atoms with Crippen molar-refractivity contribution in [2.45, 2.75) is 0 Å². The lowest BCUT2D eigenvalue weighted by molar-refractivity contribution is 0.0697. The molecular formula is C9H6N2O4. The van der Waals surface area contributed by atoms with Gasteiger partial charge in [-0.05, 0) is 18.2 Å². The highest BCUT2D eigenvalue weighted by Crippen LogP contribution is 2.08. The van der Waals surface area contributed by atoms with Crippen LogP contribution in [0, 0.1) is 0 Å². The van der Waals surface area contributed by atoms with Gasteiger partial charge in [0.2, 0.25) is 0 Å². The van der Waals surface area contributed by atoms with Crippen LogP contribution in [0.2, 0.25) is 0 Å². The van der Waals surface area contributed by atoms with Crippen molar-refractivity contribution in [2.75, 3.05) is 0 Å². The van der Waals surface area contributed by atoms with E-state index in [0.717, 1.165) is 0 Å². The Morgan fingerprint density at radius 3 is 2.60 bits per heavy atom. The van der Waals surface area contributed by atoms with Crippen LogP contribution in [-0.4, -0.2) is 21.0 Å². The lowest BCUT2D eigenvalue weighted by Crippen LogP contribution is -2.21. The van der Waals surface area contributed by atoms with Gasteiger partial charge in [-0.2, -0.15) is 0 Å². The first-order valence-corrected chi connectivity index (χ1v) is 4.07. The minimum Gasteiger partial charge on any atom is -0.478 e. The fourth-order valence-corrected chi connectivity index (χ4v) is 1.30. The lowest BCUT2D eigenvalue weighted by atomic mass is 10.1. The van der Waals surface area contributed by atoms with Crippen LogP contribution in [0.3, 0.4) is 0 Å². The summed E-state index contributed by atoms with van der Waals surface area (Å²) in [5, 5.41) is 8.95. The fourth-order valence-electron chi connectivity index (χ4n) is 1.30. The normalized spacial score (nSPS) is 10.4. The van der Waals surface area contributed by atoms with Crippen LogP contribution < -0.4 is 11.2 Å². The molecule has 1 aromatic carbocycles. The highest BCUT2D eigenvalue weighted by molar-refractivity contribution is 5.92. The number of aromatic nitrogens is 2. The molecule has 3 N–H and O–H groups in total. The van der Waals surface area contributed by atoms with E-state index in [1.807, 2.05) is 4.98 Å². The van der Waals surface area contributed by atoms with E-state index in [4.69, 9.17) is 5.11 Å². The van der Waals surface area contributed by atoms with E-state index in [1.54, 1.807) is 0 Å². The monoisotopic (exact) mass is 206 g/mol. The molecule has 0 atom stereocenters. The largest absolute Gasteiger partial charge is 0.478 e. The summed E-state index contributed by atoms with van der Waals surface area (Å²) in [6.07, 6.45) is 0. The summed E-state index contributed by atoms with van der Waals surface area (Å²) in [5.74, 6) is -1.11. The van der Waals surface area contributed by atoms with E-state index in [9.17, 15) is 14.4 Å². The molecule has 0 saturated carbocycles. The van der Waals surface area contributed by atoms with Gasteiger partial charge in [-0.1, -0.05) is 0 Å². The first kappa shape index (κ1) is 9.20. The van der Waals surface area contributed by atoms with Gasteiger partial charge in [0, 0.05) is 0 Å². The standard InChI is InChI=1S/C9H6N2O4/c12-7-5-2-1-4(8(13)14)3-6(5)10-9(15)11-7/h1-3H,(H,13,14)(H2,10,11,12,15). The first-order valence-electron chi connectivity index (χ1n) is 4.07. The minimum absolute atomic E-state index is 0.0174. The molecule has 76 valence electrons. The molecule has 15 heavy (non-hydrogen) atoms. The van der Waals surface area contributed by atoms with Crippen LogP contribution in [0.4, 0.5) is 0 Å². The Bertz CT molecular complexity index is 653. The quantitative estimate of drug-likeness (QED) is 0.606. The Balaban J connectivity index is 2.88. The molecule has 1 heterocycles. The fraction of sp³-hybridized carbons (Fsp3) is 0. The maximum atomic E-state index is 11.3. The van der Waals surface area contributed by atoms with Crippen molar-refractivity contribution < 1.29 is 9.90 Å². The number of carboxylic acids is 1. The second kappa shape index (κ2) is 3.09. The number of hydrogen-bond acceptors (Lipinski definition) is 3. The molecule has 0 unspecified atom stereocenters. The smallest absolute Gasteiger partial charge is 0.335 e. The Labute approximate surface area is 82.2 Å². The number of fused-ring (bicyclic) bond motifs is 1. The summed E-state index contributed by atoms with van der Waals surface area (Å²) >= 11 is 0. The molecule has 0 spiro atoms. The number of hydrogen-bond donors (Lipinski definition) is 3. The third-order valence-corrected chi connectivity index (χ3v) is 1.99. The molecule has 0 amide bonds. The van der Waals surface area contributed by atoms with E-state index in [1.165, 1.54) is 18.2 Å². The highest BCUT2D eigenvalue weighted by Gasteiger charge is 2.06.